The van der Waals surface area contributed by atoms with Crippen LogP contribution in [0.3, 0.4) is 0 Å². The molecule has 0 aliphatic carbocycles. The number of nitrogen functional groups attached to an aromatic ring is 1. The van der Waals surface area contributed by atoms with Gasteiger partial charge in [-0.2, -0.15) is 0 Å². The van der Waals surface area contributed by atoms with E-state index in [1.165, 1.54) is 16.0 Å². The number of imide groups is 1. The first kappa shape index (κ1) is 61.7. The second kappa shape index (κ2) is 29.2. The molecule has 71 heavy (non-hydrogen) atoms. The number of nitrogens with zero attached hydrogens (tertiary/aromatic N) is 2. The number of carboxylic acid groups (broad SMARTS) is 1. The smallest absolute Gasteiger partial charge is 0.308 e. The lowest BCUT2D eigenvalue weighted by atomic mass is 9.90. The highest BCUT2D eigenvalue weighted by atomic mass is 31.1. The first-order valence-electron chi connectivity index (χ1n) is 23.6. The Morgan fingerprint density at radius 1 is 0.986 bits per heavy atom. The van der Waals surface area contributed by atoms with Gasteiger partial charge in [0.05, 0.1) is 64.0 Å². The molecule has 4 amide bonds. The summed E-state index contributed by atoms with van der Waals surface area (Å²) in [7, 11) is -0.444. The number of esters is 1. The maximum atomic E-state index is 13.9. The average Bonchev–Trinajstić information content (AvgIpc) is 3.59. The predicted octanol–water partition coefficient (Wildman–Crippen LogP) is 4.24. The van der Waals surface area contributed by atoms with Crippen molar-refractivity contribution in [2.24, 2.45) is 34.3 Å². The molecule has 0 bridgehead atoms. The van der Waals surface area contributed by atoms with Gasteiger partial charge >= 0.3 is 11.9 Å². The van der Waals surface area contributed by atoms with Gasteiger partial charge in [0.2, 0.25) is 29.9 Å². The van der Waals surface area contributed by atoms with Gasteiger partial charge in [-0.05, 0) is 60.3 Å². The summed E-state index contributed by atoms with van der Waals surface area (Å²) in [6.45, 7) is 18.0. The molecular formula is C50H79N6O14P. The van der Waals surface area contributed by atoms with Gasteiger partial charge < -0.3 is 66.2 Å². The lowest BCUT2D eigenvalue weighted by Crippen LogP contribution is -2.46. The molecule has 3 rings (SSSR count). The number of benzene rings is 2. The number of amides is 4. The number of carbonyl (C=O) groups is 6. The number of hydrogen-bond acceptors (Lipinski definition) is 16. The normalized spacial score (nSPS) is 15.9. The molecule has 1 saturated heterocycles. The number of rotatable bonds is 29. The molecule has 0 spiro atoms. The van der Waals surface area contributed by atoms with E-state index in [1.54, 1.807) is 83.7 Å². The summed E-state index contributed by atoms with van der Waals surface area (Å²) in [5.41, 5.74) is 13.7. The number of hydrogen-bond donors (Lipinski definition) is 8. The Bertz CT molecular complexity index is 2100. The molecule has 10 N–H and O–H groups in total. The Labute approximate surface area is 419 Å². The van der Waals surface area contributed by atoms with Crippen molar-refractivity contribution in [2.75, 3.05) is 70.4 Å². The number of carbonyl (C=O) groups excluding carboxylic acids is 5. The van der Waals surface area contributed by atoms with Crippen LogP contribution in [0.4, 0.5) is 11.4 Å². The number of nitrogens with two attached hydrogens (primary N) is 2. The van der Waals surface area contributed by atoms with E-state index in [0.29, 0.717) is 22.5 Å². The minimum atomic E-state index is -1.44. The molecular weight excluding hydrogens is 940 g/mol. The first-order chi connectivity index (χ1) is 33.2. The summed E-state index contributed by atoms with van der Waals surface area (Å²) in [5.74, 6) is -3.91. The summed E-state index contributed by atoms with van der Waals surface area (Å²) in [4.78, 5) is 89.7. The van der Waals surface area contributed by atoms with Crippen molar-refractivity contribution in [1.82, 2.24) is 15.5 Å². The Hall–Kier alpha value is -5.37. The van der Waals surface area contributed by atoms with Crippen molar-refractivity contribution in [3.8, 4) is 5.75 Å². The molecule has 1 aliphatic heterocycles. The highest BCUT2D eigenvalue weighted by molar-refractivity contribution is 7.51. The van der Waals surface area contributed by atoms with Gasteiger partial charge in [0.25, 0.3) is 0 Å². The molecule has 1 aliphatic rings. The maximum absolute atomic E-state index is 13.9. The van der Waals surface area contributed by atoms with Crippen LogP contribution in [0.25, 0.3) is 0 Å². The second-order valence-electron chi connectivity index (χ2n) is 19.7. The van der Waals surface area contributed by atoms with Crippen molar-refractivity contribution in [2.45, 2.75) is 106 Å². The number of aliphatic hydroxyl groups excluding tert-OH is 2. The topological polar surface area (TPSA) is 303 Å². The first-order valence-corrected chi connectivity index (χ1v) is 25.4. The van der Waals surface area contributed by atoms with Gasteiger partial charge in [-0.25, -0.2) is 0 Å². The highest BCUT2D eigenvalue weighted by Crippen LogP contribution is 2.35. The third kappa shape index (κ3) is 21.1. The fourth-order valence-corrected chi connectivity index (χ4v) is 7.39. The molecule has 21 heteroatoms. The van der Waals surface area contributed by atoms with E-state index in [2.05, 4.69) is 10.6 Å². The van der Waals surface area contributed by atoms with E-state index in [9.17, 15) is 43.9 Å². The zero-order chi connectivity index (χ0) is 53.8. The maximum Gasteiger partial charge on any atom is 0.308 e. The Morgan fingerprint density at radius 2 is 1.62 bits per heavy atom. The van der Waals surface area contributed by atoms with Crippen LogP contribution < -0.4 is 31.7 Å². The number of nitrogens with one attached hydrogen (secondary N) is 2. The molecule has 1 heterocycles. The van der Waals surface area contributed by atoms with Crippen molar-refractivity contribution in [3.05, 3.63) is 65.5 Å². The molecule has 0 saturated carbocycles. The number of aliphatic carboxylic acids is 1. The van der Waals surface area contributed by atoms with E-state index in [0.717, 1.165) is 7.11 Å². The van der Waals surface area contributed by atoms with Crippen LogP contribution in [0.2, 0.25) is 0 Å². The van der Waals surface area contributed by atoms with Crippen LogP contribution in [0.5, 0.6) is 5.75 Å². The molecule has 2 aromatic carbocycles. The van der Waals surface area contributed by atoms with Gasteiger partial charge in [-0.3, -0.25) is 33.7 Å². The number of ether oxygens (including phenoxy) is 4. The van der Waals surface area contributed by atoms with Gasteiger partial charge in [0, 0.05) is 56.9 Å². The summed E-state index contributed by atoms with van der Waals surface area (Å²) in [6, 6.07) is 11.4. The van der Waals surface area contributed by atoms with Crippen molar-refractivity contribution >= 4 is 55.1 Å². The molecule has 398 valence electrons. The van der Waals surface area contributed by atoms with Crippen LogP contribution in [-0.4, -0.2) is 133 Å². The number of aliphatic hydroxyl groups is 2. The Kier molecular flexibility index (Phi) is 25.4. The zero-order valence-electron chi connectivity index (χ0n) is 43.2. The largest absolute Gasteiger partial charge is 0.481 e. The average molecular weight is 1020 g/mol. The summed E-state index contributed by atoms with van der Waals surface area (Å²) >= 11 is 0. The minimum Gasteiger partial charge on any atom is -0.481 e. The van der Waals surface area contributed by atoms with Crippen LogP contribution in [0.15, 0.2) is 54.4 Å². The summed E-state index contributed by atoms with van der Waals surface area (Å²) in [6.07, 6.45) is -0.389. The summed E-state index contributed by atoms with van der Waals surface area (Å²) in [5, 5.41) is 32.0. The van der Waals surface area contributed by atoms with Crippen LogP contribution in [0.1, 0.15) is 98.8 Å². The molecule has 0 aromatic heterocycles. The monoisotopic (exact) mass is 1020 g/mol. The summed E-state index contributed by atoms with van der Waals surface area (Å²) < 4.78 is 23.1. The molecule has 20 nitrogen and oxygen atoms in total. The SMILES string of the molecule is CC(C)C(=O)OC(C/C(N)=C/NCCN(CC(=O)NCC(C)(C)COCC(C)(C)CC(=O)O)C(=O)Cc1ccc(N2C(=O)CC(C(C)C)C2=O)cc1)c1ccc(OC(CO)OC(C)P(C)O)c(N)c1.CO. The van der Waals surface area contributed by atoms with Gasteiger partial charge in [0.1, 0.15) is 24.3 Å². The van der Waals surface area contributed by atoms with Crippen LogP contribution >= 0.6 is 8.15 Å². The number of anilines is 2. The zero-order valence-corrected chi connectivity index (χ0v) is 44.1. The molecule has 5 atom stereocenters. The lowest BCUT2D eigenvalue weighted by molar-refractivity contribution is -0.153. The predicted molar refractivity (Wildman–Crippen MR) is 270 cm³/mol. The van der Waals surface area contributed by atoms with Crippen molar-refractivity contribution in [1.29, 1.82) is 0 Å². The molecule has 0 radical (unpaired) electrons. The molecule has 2 aromatic rings. The standard InChI is InChI=1S/C49H75N6O13P.CH4O/c1-30(2)37-22-43(59)55(46(37)62)36-14-11-33(12-15-36)19-42(58)54(25-41(57)53-27-49(8,9)29-65-28-48(6,7)23-44(60)61)18-17-52-24-35(50)21-40(68-47(63)31(3)4)34-13-16-39(38(51)20-34)67-45(26-56)66-32(5)69(10)64;1-2/h11-16,20,24,30-32,37,40,45,52,56,64H,17-19,21-23,25-29,50-51H2,1-10H3,(H,53,57)(H,60,61);2H,1H3/b35-24-;. The number of carboxylic acids is 1. The Morgan fingerprint density at radius 3 is 2.17 bits per heavy atom. The quantitative estimate of drug-likeness (QED) is 0.0141. The van der Waals surface area contributed by atoms with E-state index in [1.807, 2.05) is 27.7 Å². The molecule has 5 unspecified atom stereocenters. The van der Waals surface area contributed by atoms with Crippen molar-refractivity contribution in [3.63, 3.8) is 0 Å². The fourth-order valence-electron chi connectivity index (χ4n) is 7.08. The second-order valence-corrected chi connectivity index (χ2v) is 21.6. The van der Waals surface area contributed by atoms with Gasteiger partial charge in [0.15, 0.2) is 0 Å². The van der Waals surface area contributed by atoms with Crippen LogP contribution in [-0.2, 0) is 49.4 Å². The Balaban J connectivity index is 0.00000852. The third-order valence-corrected chi connectivity index (χ3v) is 12.4. The van der Waals surface area contributed by atoms with Gasteiger partial charge in [-0.1, -0.05) is 73.6 Å². The van der Waals surface area contributed by atoms with Crippen molar-refractivity contribution < 1.29 is 67.9 Å². The van der Waals surface area contributed by atoms with Crippen LogP contribution in [0, 0.1) is 28.6 Å². The third-order valence-electron chi connectivity index (χ3n) is 11.3. The minimum absolute atomic E-state index is 0.00700. The van der Waals surface area contributed by atoms with E-state index < -0.39 is 73.5 Å². The van der Waals surface area contributed by atoms with E-state index >= 15 is 0 Å². The fraction of sp³-hybridized carbons (Fsp3) is 0.600. The lowest BCUT2D eigenvalue weighted by Gasteiger charge is -2.29. The highest BCUT2D eigenvalue weighted by Gasteiger charge is 2.41. The molecule has 1 fully saturated rings. The van der Waals surface area contributed by atoms with Gasteiger partial charge in [-0.15, -0.1) is 0 Å². The van der Waals surface area contributed by atoms with E-state index in [-0.39, 0.29) is 100 Å². The van der Waals surface area contributed by atoms with E-state index in [4.69, 9.17) is 35.5 Å².